The van der Waals surface area contributed by atoms with Crippen LogP contribution in [0.15, 0.2) is 84.9 Å². The standard InChI is InChI=1S/C24H24O2P.BF4/c1-2-26-24(25)22-15-9-10-16-23(22)27(21-17-18-21,19-11-5-3-6-12-19)20-13-7-4-8-14-20;2-1(3,4)5/h3-16,21H,2,17-18H2,1H3;/q+1;-1. The average Bonchev–Trinajstić information content (AvgIpc) is 3.61. The van der Waals surface area contributed by atoms with Crippen LogP contribution < -0.4 is 15.9 Å². The maximum atomic E-state index is 12.8. The van der Waals surface area contributed by atoms with E-state index in [4.69, 9.17) is 4.74 Å². The Bertz CT molecular complexity index is 979. The summed E-state index contributed by atoms with van der Waals surface area (Å²) in [5.41, 5.74) is 1.30. The number of hydrogen-bond donors (Lipinski definition) is 0. The molecule has 1 aliphatic carbocycles. The van der Waals surface area contributed by atoms with Gasteiger partial charge in [-0.15, -0.1) is 0 Å². The molecule has 168 valence electrons. The van der Waals surface area contributed by atoms with Crippen LogP contribution in [0.3, 0.4) is 0 Å². The summed E-state index contributed by atoms with van der Waals surface area (Å²) in [4.78, 5) is 12.8. The van der Waals surface area contributed by atoms with E-state index in [0.717, 1.165) is 5.30 Å². The molecule has 8 heteroatoms. The van der Waals surface area contributed by atoms with Crippen molar-refractivity contribution in [3.8, 4) is 0 Å². The number of rotatable bonds is 6. The minimum Gasteiger partial charge on any atom is -0.462 e. The topological polar surface area (TPSA) is 26.3 Å². The second-order valence-corrected chi connectivity index (χ2v) is 11.0. The lowest BCUT2D eigenvalue weighted by Gasteiger charge is -2.29. The number of ether oxygens (including phenoxy) is 1. The normalized spacial score (nSPS) is 13.7. The molecule has 0 radical (unpaired) electrons. The van der Waals surface area contributed by atoms with E-state index in [1.54, 1.807) is 0 Å². The van der Waals surface area contributed by atoms with E-state index >= 15 is 0 Å². The third-order valence-corrected chi connectivity index (χ3v) is 10.2. The molecular weight excluding hydrogens is 438 g/mol. The Kier molecular flexibility index (Phi) is 7.73. The van der Waals surface area contributed by atoms with Crippen LogP contribution in [0.1, 0.15) is 30.1 Å². The highest BCUT2D eigenvalue weighted by molar-refractivity contribution is 7.96. The molecule has 0 aromatic heterocycles. The summed E-state index contributed by atoms with van der Waals surface area (Å²) in [6.45, 7) is 2.25. The Morgan fingerprint density at radius 2 is 1.28 bits per heavy atom. The van der Waals surface area contributed by atoms with Crippen molar-refractivity contribution in [2.75, 3.05) is 6.61 Å². The molecule has 0 unspecified atom stereocenters. The van der Waals surface area contributed by atoms with E-state index in [1.807, 2.05) is 19.1 Å². The Hall–Kier alpha value is -2.66. The summed E-state index contributed by atoms with van der Waals surface area (Å²) in [5, 5.41) is 3.84. The first-order valence-corrected chi connectivity index (χ1v) is 12.3. The lowest BCUT2D eigenvalue weighted by atomic mass is 10.2. The fourth-order valence-electron chi connectivity index (χ4n) is 4.00. The van der Waals surface area contributed by atoms with Gasteiger partial charge in [0.05, 0.1) is 12.3 Å². The van der Waals surface area contributed by atoms with Gasteiger partial charge in [-0.3, -0.25) is 0 Å². The SMILES string of the molecule is CCOC(=O)c1ccccc1[P+](c1ccccc1)(c1ccccc1)C1CC1.F[B-](F)(F)F. The van der Waals surface area contributed by atoms with Crippen LogP contribution in [0.5, 0.6) is 0 Å². The van der Waals surface area contributed by atoms with Crippen LogP contribution in [-0.4, -0.2) is 25.5 Å². The van der Waals surface area contributed by atoms with Gasteiger partial charge in [-0.2, -0.15) is 0 Å². The molecule has 1 fully saturated rings. The molecule has 0 atom stereocenters. The van der Waals surface area contributed by atoms with Crippen LogP contribution in [0.2, 0.25) is 0 Å². The first kappa shape index (κ1) is 24.0. The molecule has 0 spiro atoms. The summed E-state index contributed by atoms with van der Waals surface area (Å²) in [5.74, 6) is -0.218. The van der Waals surface area contributed by atoms with Crippen molar-refractivity contribution in [3.63, 3.8) is 0 Å². The lowest BCUT2D eigenvalue weighted by Crippen LogP contribution is -2.37. The molecule has 0 heterocycles. The number of benzene rings is 3. The summed E-state index contributed by atoms with van der Waals surface area (Å²) in [7, 11) is -7.93. The van der Waals surface area contributed by atoms with Crippen molar-refractivity contribution >= 4 is 36.4 Å². The van der Waals surface area contributed by atoms with Gasteiger partial charge < -0.3 is 22.0 Å². The minimum absolute atomic E-state index is 0.218. The zero-order chi connectivity index (χ0) is 23.2. The zero-order valence-corrected chi connectivity index (χ0v) is 18.5. The van der Waals surface area contributed by atoms with E-state index in [9.17, 15) is 22.1 Å². The van der Waals surface area contributed by atoms with Crippen molar-refractivity contribution < 1.29 is 26.8 Å². The number of carbonyl (C=O) groups is 1. The molecule has 0 saturated heterocycles. The van der Waals surface area contributed by atoms with Gasteiger partial charge in [0.25, 0.3) is 0 Å². The fourth-order valence-corrected chi connectivity index (χ4v) is 9.16. The summed E-state index contributed by atoms with van der Waals surface area (Å²) in [6, 6.07) is 29.6. The number of hydrogen-bond acceptors (Lipinski definition) is 2. The average molecular weight is 462 g/mol. The summed E-state index contributed by atoms with van der Waals surface area (Å²) in [6.07, 6.45) is 2.41. The highest BCUT2D eigenvalue weighted by atomic mass is 31.2. The molecule has 0 bridgehead atoms. The Morgan fingerprint density at radius 3 is 1.72 bits per heavy atom. The highest BCUT2D eigenvalue weighted by Gasteiger charge is 2.58. The molecule has 3 aromatic rings. The maximum Gasteiger partial charge on any atom is 0.673 e. The number of carbonyl (C=O) groups excluding carboxylic acids is 1. The Morgan fingerprint density at radius 1 is 0.844 bits per heavy atom. The van der Waals surface area contributed by atoms with Gasteiger partial charge in [-0.25, -0.2) is 4.79 Å². The fraction of sp³-hybridized carbons (Fsp3) is 0.208. The molecule has 1 saturated carbocycles. The lowest BCUT2D eigenvalue weighted by molar-refractivity contribution is 0.0528. The van der Waals surface area contributed by atoms with Gasteiger partial charge in [0.2, 0.25) is 0 Å². The van der Waals surface area contributed by atoms with E-state index in [1.165, 1.54) is 23.5 Å². The largest absolute Gasteiger partial charge is 0.673 e. The first-order valence-electron chi connectivity index (χ1n) is 10.4. The third kappa shape index (κ3) is 5.58. The van der Waals surface area contributed by atoms with Crippen LogP contribution in [0.4, 0.5) is 17.3 Å². The van der Waals surface area contributed by atoms with Gasteiger partial charge in [0.1, 0.15) is 28.7 Å². The molecule has 0 aliphatic heterocycles. The Balaban J connectivity index is 0.000000523. The van der Waals surface area contributed by atoms with Crippen LogP contribution >= 0.6 is 7.26 Å². The van der Waals surface area contributed by atoms with E-state index in [0.29, 0.717) is 17.8 Å². The van der Waals surface area contributed by atoms with Gasteiger partial charge in [-0.1, -0.05) is 48.5 Å². The second kappa shape index (κ2) is 10.3. The van der Waals surface area contributed by atoms with E-state index in [2.05, 4.69) is 72.8 Å². The minimum atomic E-state index is -6.00. The molecule has 4 rings (SSSR count). The smallest absolute Gasteiger partial charge is 0.462 e. The highest BCUT2D eigenvalue weighted by Crippen LogP contribution is 2.68. The van der Waals surface area contributed by atoms with Crippen molar-refractivity contribution in [1.29, 1.82) is 0 Å². The predicted octanol–water partition coefficient (Wildman–Crippen LogP) is 5.62. The van der Waals surface area contributed by atoms with Crippen molar-refractivity contribution in [3.05, 3.63) is 90.5 Å². The molecule has 2 nitrogen and oxygen atoms in total. The number of esters is 1. The molecule has 0 amide bonds. The molecular formula is C24H24BF4O2P. The van der Waals surface area contributed by atoms with Crippen LogP contribution in [0, 0.1) is 0 Å². The van der Waals surface area contributed by atoms with Crippen LogP contribution in [0.25, 0.3) is 0 Å². The van der Waals surface area contributed by atoms with Crippen molar-refractivity contribution in [2.45, 2.75) is 25.4 Å². The van der Waals surface area contributed by atoms with Crippen molar-refractivity contribution in [1.82, 2.24) is 0 Å². The van der Waals surface area contributed by atoms with Gasteiger partial charge in [-0.05, 0) is 56.2 Å². The molecule has 32 heavy (non-hydrogen) atoms. The predicted molar refractivity (Wildman–Crippen MR) is 124 cm³/mol. The van der Waals surface area contributed by atoms with Crippen molar-refractivity contribution in [2.24, 2.45) is 0 Å². The van der Waals surface area contributed by atoms with Gasteiger partial charge in [0, 0.05) is 0 Å². The summed E-state index contributed by atoms with van der Waals surface area (Å²) >= 11 is 0. The zero-order valence-electron chi connectivity index (χ0n) is 17.6. The summed E-state index contributed by atoms with van der Waals surface area (Å²) < 4.78 is 44.4. The molecule has 0 N–H and O–H groups in total. The Labute approximate surface area is 186 Å². The van der Waals surface area contributed by atoms with Gasteiger partial charge in [0.15, 0.2) is 0 Å². The second-order valence-electron chi connectivity index (χ2n) is 7.36. The van der Waals surface area contributed by atoms with Gasteiger partial charge >= 0.3 is 13.2 Å². The van der Waals surface area contributed by atoms with E-state index < -0.39 is 14.5 Å². The van der Waals surface area contributed by atoms with E-state index in [-0.39, 0.29) is 5.97 Å². The van der Waals surface area contributed by atoms with Crippen LogP contribution in [-0.2, 0) is 4.74 Å². The quantitative estimate of drug-likeness (QED) is 0.206. The monoisotopic (exact) mass is 462 g/mol. The third-order valence-electron chi connectivity index (χ3n) is 5.20. The first-order chi connectivity index (χ1) is 15.3. The molecule has 1 aliphatic rings. The maximum absolute atomic E-state index is 12.8. The molecule has 3 aromatic carbocycles. The number of halogens is 4.